The van der Waals surface area contributed by atoms with Gasteiger partial charge in [-0.2, -0.15) is 0 Å². The Hall–Kier alpha value is -3.23. The highest BCUT2D eigenvalue weighted by molar-refractivity contribution is 6.39. The molecule has 158 valence electrons. The summed E-state index contributed by atoms with van der Waals surface area (Å²) >= 11 is 0. The first-order valence-corrected chi connectivity index (χ1v) is 9.87. The number of nitrogens with zero attached hydrogens (tertiary/aromatic N) is 1. The molecule has 1 heterocycles. The Morgan fingerprint density at radius 1 is 1.00 bits per heavy atom. The van der Waals surface area contributed by atoms with Crippen LogP contribution in [-0.4, -0.2) is 55.4 Å². The first-order valence-electron chi connectivity index (χ1n) is 9.87. The summed E-state index contributed by atoms with van der Waals surface area (Å²) in [7, 11) is 0. The van der Waals surface area contributed by atoms with Crippen molar-refractivity contribution in [3.63, 3.8) is 0 Å². The molecule has 1 saturated heterocycles. The molecule has 1 fully saturated rings. The minimum absolute atomic E-state index is 0.00911. The average molecular weight is 410 g/mol. The second kappa shape index (κ2) is 10.5. The van der Waals surface area contributed by atoms with Crippen molar-refractivity contribution < 1.29 is 19.1 Å². The molecule has 0 radical (unpaired) electrons. The SMILES string of the molecule is CC(=O)Nc1cccc(NC(=O)C(=O)NCCN2CCO[C@@H](c3ccccc3)C2)c1. The number of carbonyl (C=O) groups excluding carboxylic acids is 3. The molecular weight excluding hydrogens is 384 g/mol. The van der Waals surface area contributed by atoms with Crippen molar-refractivity contribution in [3.05, 3.63) is 60.2 Å². The van der Waals surface area contributed by atoms with E-state index in [0.717, 1.165) is 18.7 Å². The van der Waals surface area contributed by atoms with Gasteiger partial charge in [0.05, 0.1) is 12.7 Å². The topological polar surface area (TPSA) is 99.8 Å². The van der Waals surface area contributed by atoms with E-state index in [4.69, 9.17) is 4.74 Å². The number of nitrogens with one attached hydrogen (secondary N) is 3. The number of carbonyl (C=O) groups is 3. The molecule has 1 atom stereocenters. The van der Waals surface area contributed by atoms with Gasteiger partial charge in [-0.15, -0.1) is 0 Å². The fourth-order valence-electron chi connectivity index (χ4n) is 3.25. The van der Waals surface area contributed by atoms with E-state index in [1.165, 1.54) is 6.92 Å². The van der Waals surface area contributed by atoms with Crippen LogP contribution >= 0.6 is 0 Å². The molecule has 3 N–H and O–H groups in total. The minimum atomic E-state index is -0.751. The van der Waals surface area contributed by atoms with E-state index < -0.39 is 11.8 Å². The summed E-state index contributed by atoms with van der Waals surface area (Å²) in [4.78, 5) is 37.6. The maximum Gasteiger partial charge on any atom is 0.313 e. The summed E-state index contributed by atoms with van der Waals surface area (Å²) in [5, 5.41) is 7.81. The molecule has 30 heavy (non-hydrogen) atoms. The second-order valence-electron chi connectivity index (χ2n) is 7.04. The van der Waals surface area contributed by atoms with E-state index in [2.05, 4.69) is 20.9 Å². The Morgan fingerprint density at radius 2 is 1.73 bits per heavy atom. The summed E-state index contributed by atoms with van der Waals surface area (Å²) in [6, 6.07) is 16.6. The van der Waals surface area contributed by atoms with Crippen molar-refractivity contribution in [2.24, 2.45) is 0 Å². The normalized spacial score (nSPS) is 16.5. The molecule has 0 spiro atoms. The summed E-state index contributed by atoms with van der Waals surface area (Å²) < 4.78 is 5.84. The van der Waals surface area contributed by atoms with Crippen LogP contribution in [0.15, 0.2) is 54.6 Å². The van der Waals surface area contributed by atoms with Crippen LogP contribution in [0.5, 0.6) is 0 Å². The smallest absolute Gasteiger partial charge is 0.313 e. The molecule has 3 rings (SSSR count). The van der Waals surface area contributed by atoms with Crippen LogP contribution in [0.1, 0.15) is 18.6 Å². The average Bonchev–Trinajstić information content (AvgIpc) is 2.74. The van der Waals surface area contributed by atoms with E-state index >= 15 is 0 Å². The Morgan fingerprint density at radius 3 is 2.47 bits per heavy atom. The first kappa shape index (κ1) is 21.5. The van der Waals surface area contributed by atoms with Gasteiger partial charge in [-0.1, -0.05) is 36.4 Å². The van der Waals surface area contributed by atoms with Crippen LogP contribution in [0.4, 0.5) is 11.4 Å². The lowest BCUT2D eigenvalue weighted by Gasteiger charge is -2.33. The van der Waals surface area contributed by atoms with Gasteiger partial charge in [0.1, 0.15) is 0 Å². The lowest BCUT2D eigenvalue weighted by molar-refractivity contribution is -0.136. The zero-order valence-electron chi connectivity index (χ0n) is 16.9. The van der Waals surface area contributed by atoms with Gasteiger partial charge in [-0.25, -0.2) is 0 Å². The molecule has 3 amide bonds. The van der Waals surface area contributed by atoms with Crippen LogP contribution in [0.2, 0.25) is 0 Å². The van der Waals surface area contributed by atoms with Crippen LogP contribution in [0.3, 0.4) is 0 Å². The van der Waals surface area contributed by atoms with Crippen molar-refractivity contribution in [2.75, 3.05) is 43.4 Å². The Balaban J connectivity index is 1.43. The number of amides is 3. The fraction of sp³-hybridized carbons (Fsp3) is 0.318. The van der Waals surface area contributed by atoms with E-state index in [9.17, 15) is 14.4 Å². The molecular formula is C22H26N4O4. The maximum atomic E-state index is 12.1. The largest absolute Gasteiger partial charge is 0.371 e. The van der Waals surface area contributed by atoms with Crippen molar-refractivity contribution in [1.29, 1.82) is 0 Å². The van der Waals surface area contributed by atoms with Crippen molar-refractivity contribution in [1.82, 2.24) is 10.2 Å². The monoisotopic (exact) mass is 410 g/mol. The summed E-state index contributed by atoms with van der Waals surface area (Å²) in [5.74, 6) is -1.67. The molecule has 0 aromatic heterocycles. The lowest BCUT2D eigenvalue weighted by atomic mass is 10.1. The third kappa shape index (κ3) is 6.40. The molecule has 8 nitrogen and oxygen atoms in total. The van der Waals surface area contributed by atoms with Gasteiger partial charge in [-0.3, -0.25) is 19.3 Å². The van der Waals surface area contributed by atoms with Gasteiger partial charge in [0.2, 0.25) is 5.91 Å². The quantitative estimate of drug-likeness (QED) is 0.631. The molecule has 0 unspecified atom stereocenters. The van der Waals surface area contributed by atoms with Gasteiger partial charge < -0.3 is 20.7 Å². The molecule has 1 aliphatic rings. The second-order valence-corrected chi connectivity index (χ2v) is 7.04. The summed E-state index contributed by atoms with van der Waals surface area (Å²) in [6.07, 6.45) is 0.00911. The fourth-order valence-corrected chi connectivity index (χ4v) is 3.25. The van der Waals surface area contributed by atoms with E-state index in [1.54, 1.807) is 24.3 Å². The molecule has 2 aromatic rings. The third-order valence-corrected chi connectivity index (χ3v) is 4.68. The molecule has 0 bridgehead atoms. The van der Waals surface area contributed by atoms with Crippen LogP contribution < -0.4 is 16.0 Å². The number of hydrogen-bond acceptors (Lipinski definition) is 5. The zero-order valence-corrected chi connectivity index (χ0v) is 16.9. The van der Waals surface area contributed by atoms with Gasteiger partial charge in [-0.05, 0) is 23.8 Å². The predicted molar refractivity (Wildman–Crippen MR) is 114 cm³/mol. The minimum Gasteiger partial charge on any atom is -0.371 e. The predicted octanol–water partition coefficient (Wildman–Crippen LogP) is 1.77. The van der Waals surface area contributed by atoms with E-state index in [1.807, 2.05) is 30.3 Å². The number of hydrogen-bond donors (Lipinski definition) is 3. The van der Waals surface area contributed by atoms with Crippen molar-refractivity contribution in [2.45, 2.75) is 13.0 Å². The molecule has 2 aromatic carbocycles. The summed E-state index contributed by atoms with van der Waals surface area (Å²) in [6.45, 7) is 4.53. The van der Waals surface area contributed by atoms with Gasteiger partial charge in [0, 0.05) is 44.5 Å². The zero-order chi connectivity index (χ0) is 21.3. The Labute approximate surface area is 175 Å². The first-order chi connectivity index (χ1) is 14.5. The number of ether oxygens (including phenoxy) is 1. The van der Waals surface area contributed by atoms with E-state index in [0.29, 0.717) is 31.1 Å². The van der Waals surface area contributed by atoms with Crippen molar-refractivity contribution in [3.8, 4) is 0 Å². The van der Waals surface area contributed by atoms with Crippen molar-refractivity contribution >= 4 is 29.1 Å². The highest BCUT2D eigenvalue weighted by atomic mass is 16.5. The number of rotatable bonds is 6. The Bertz CT molecular complexity index is 888. The number of morpholine rings is 1. The molecule has 0 saturated carbocycles. The number of benzene rings is 2. The van der Waals surface area contributed by atoms with Gasteiger partial charge >= 0.3 is 11.8 Å². The maximum absolute atomic E-state index is 12.1. The lowest BCUT2D eigenvalue weighted by Crippen LogP contribution is -2.44. The highest BCUT2D eigenvalue weighted by Crippen LogP contribution is 2.21. The van der Waals surface area contributed by atoms with Gasteiger partial charge in [0.15, 0.2) is 0 Å². The van der Waals surface area contributed by atoms with Crippen LogP contribution in [0.25, 0.3) is 0 Å². The van der Waals surface area contributed by atoms with E-state index in [-0.39, 0.29) is 12.0 Å². The summed E-state index contributed by atoms with van der Waals surface area (Å²) in [5.41, 5.74) is 2.10. The van der Waals surface area contributed by atoms with Crippen LogP contribution in [-0.2, 0) is 19.1 Å². The van der Waals surface area contributed by atoms with Gasteiger partial charge in [0.25, 0.3) is 0 Å². The standard InChI is InChI=1S/C22H26N4O4/c1-16(27)24-18-8-5-9-19(14-18)25-22(29)21(28)23-10-11-26-12-13-30-20(15-26)17-6-3-2-4-7-17/h2-9,14,20H,10-13,15H2,1H3,(H,23,28)(H,24,27)(H,25,29)/t20-/m1/s1. The van der Waals surface area contributed by atoms with Crippen LogP contribution in [0, 0.1) is 0 Å². The molecule has 0 aliphatic carbocycles. The third-order valence-electron chi connectivity index (χ3n) is 4.68. The number of anilines is 2. The molecule has 1 aliphatic heterocycles. The molecule has 8 heteroatoms. The Kier molecular flexibility index (Phi) is 7.53. The highest BCUT2D eigenvalue weighted by Gasteiger charge is 2.22.